The number of rotatable bonds is 6. The second-order valence-electron chi connectivity index (χ2n) is 7.20. The molecule has 0 unspecified atom stereocenters. The van der Waals surface area contributed by atoms with Gasteiger partial charge in [0.05, 0.1) is 11.4 Å². The Kier molecular flexibility index (Phi) is 5.07. The van der Waals surface area contributed by atoms with Crippen LogP contribution in [0.5, 0.6) is 0 Å². The maximum Gasteiger partial charge on any atom is 0.316 e. The van der Waals surface area contributed by atoms with Crippen LogP contribution in [0.2, 0.25) is 0 Å². The van der Waals surface area contributed by atoms with Crippen LogP contribution in [0.25, 0.3) is 11.3 Å². The molecule has 0 saturated heterocycles. The Balaban J connectivity index is 1.46. The van der Waals surface area contributed by atoms with Crippen molar-refractivity contribution in [3.05, 3.63) is 66.2 Å². The molecular formula is C21H21FN6O. The van der Waals surface area contributed by atoms with Crippen LogP contribution in [0.1, 0.15) is 25.0 Å². The number of halogens is 1. The summed E-state index contributed by atoms with van der Waals surface area (Å²) >= 11 is 0. The van der Waals surface area contributed by atoms with Crippen LogP contribution < -0.4 is 16.4 Å². The van der Waals surface area contributed by atoms with Crippen molar-refractivity contribution in [2.45, 2.75) is 24.7 Å². The molecule has 8 heteroatoms. The summed E-state index contributed by atoms with van der Waals surface area (Å²) in [6.45, 7) is 0.549. The summed E-state index contributed by atoms with van der Waals surface area (Å²) in [6.07, 6.45) is 4.46. The molecule has 1 aliphatic carbocycles. The van der Waals surface area contributed by atoms with Gasteiger partial charge >= 0.3 is 6.03 Å². The highest BCUT2D eigenvalue weighted by Gasteiger charge is 2.41. The lowest BCUT2D eigenvalue weighted by Crippen LogP contribution is -2.42. The molecule has 0 radical (unpaired) electrons. The van der Waals surface area contributed by atoms with Crippen LogP contribution in [0, 0.1) is 5.82 Å². The van der Waals surface area contributed by atoms with Crippen LogP contribution in [0.4, 0.5) is 20.7 Å². The Morgan fingerprint density at radius 1 is 1.14 bits per heavy atom. The van der Waals surface area contributed by atoms with Gasteiger partial charge in [0.2, 0.25) is 0 Å². The minimum Gasteiger partial charge on any atom is -0.368 e. The average molecular weight is 392 g/mol. The predicted molar refractivity (Wildman–Crippen MR) is 109 cm³/mol. The molecule has 0 atom stereocenters. The average Bonchev–Trinajstić information content (AvgIpc) is 2.68. The van der Waals surface area contributed by atoms with Gasteiger partial charge in [-0.25, -0.2) is 9.18 Å². The summed E-state index contributed by atoms with van der Waals surface area (Å²) in [5, 5.41) is 14.3. The number of nitrogens with two attached hydrogens (primary N) is 1. The fourth-order valence-corrected chi connectivity index (χ4v) is 3.62. The number of amides is 2. The van der Waals surface area contributed by atoms with E-state index >= 15 is 0 Å². The number of hydrogen-bond acceptors (Lipinski definition) is 5. The van der Waals surface area contributed by atoms with Crippen LogP contribution in [-0.2, 0) is 5.41 Å². The lowest BCUT2D eigenvalue weighted by molar-refractivity contribution is 0.243. The molecule has 2 amide bonds. The summed E-state index contributed by atoms with van der Waals surface area (Å²) in [7, 11) is 0. The summed E-state index contributed by atoms with van der Waals surface area (Å²) in [5.41, 5.74) is 7.42. The first-order valence-corrected chi connectivity index (χ1v) is 9.41. The second-order valence-corrected chi connectivity index (χ2v) is 7.20. The maximum absolute atomic E-state index is 14.2. The third-order valence-electron chi connectivity index (χ3n) is 5.27. The van der Waals surface area contributed by atoms with Gasteiger partial charge in [-0.3, -0.25) is 4.98 Å². The van der Waals surface area contributed by atoms with Crippen LogP contribution in [-0.4, -0.2) is 27.8 Å². The molecule has 2 aromatic heterocycles. The lowest BCUT2D eigenvalue weighted by Gasteiger charge is -2.41. The fourth-order valence-electron chi connectivity index (χ4n) is 3.62. The van der Waals surface area contributed by atoms with Gasteiger partial charge in [0.1, 0.15) is 11.6 Å². The van der Waals surface area contributed by atoms with E-state index < -0.39 is 6.03 Å². The molecule has 1 aliphatic rings. The first-order valence-electron chi connectivity index (χ1n) is 9.41. The Morgan fingerprint density at radius 3 is 2.66 bits per heavy atom. The van der Waals surface area contributed by atoms with Crippen molar-refractivity contribution in [3.8, 4) is 11.3 Å². The van der Waals surface area contributed by atoms with E-state index in [-0.39, 0.29) is 11.2 Å². The Hall–Kier alpha value is -3.55. The minimum absolute atomic E-state index is 0.264. The van der Waals surface area contributed by atoms with Gasteiger partial charge in [0.15, 0.2) is 0 Å². The van der Waals surface area contributed by atoms with Gasteiger partial charge in [-0.1, -0.05) is 18.6 Å². The number of urea groups is 1. The number of hydrogen-bond donors (Lipinski definition) is 3. The number of primary amides is 1. The number of carbonyl (C=O) groups excluding carboxylic acids is 1. The van der Waals surface area contributed by atoms with Crippen LogP contribution >= 0.6 is 0 Å². The quantitative estimate of drug-likeness (QED) is 0.593. The highest BCUT2D eigenvalue weighted by Crippen LogP contribution is 2.43. The topological polar surface area (TPSA) is 106 Å². The molecule has 148 valence electrons. The van der Waals surface area contributed by atoms with E-state index in [0.717, 1.165) is 24.8 Å². The summed E-state index contributed by atoms with van der Waals surface area (Å²) < 4.78 is 14.2. The normalized spacial score (nSPS) is 14.7. The molecule has 4 rings (SSSR count). The molecule has 2 heterocycles. The van der Waals surface area contributed by atoms with Crippen molar-refractivity contribution in [3.63, 3.8) is 0 Å². The Morgan fingerprint density at radius 2 is 2.00 bits per heavy atom. The third kappa shape index (κ3) is 4.01. The van der Waals surface area contributed by atoms with Gasteiger partial charge in [-0.15, -0.1) is 10.2 Å². The van der Waals surface area contributed by atoms with Gasteiger partial charge in [0.25, 0.3) is 0 Å². The van der Waals surface area contributed by atoms with Gasteiger partial charge in [0, 0.05) is 29.4 Å². The zero-order chi connectivity index (χ0) is 20.3. The van der Waals surface area contributed by atoms with E-state index in [1.807, 2.05) is 18.2 Å². The number of nitrogens with one attached hydrogen (secondary N) is 2. The first-order chi connectivity index (χ1) is 14.1. The Labute approximate surface area is 167 Å². The van der Waals surface area contributed by atoms with Crippen LogP contribution in [0.15, 0.2) is 54.7 Å². The fraction of sp³-hybridized carbons (Fsp3) is 0.238. The Bertz CT molecular complexity index is 1020. The number of benzene rings is 1. The molecule has 7 nitrogen and oxygen atoms in total. The van der Waals surface area contributed by atoms with Gasteiger partial charge < -0.3 is 16.4 Å². The van der Waals surface area contributed by atoms with Crippen molar-refractivity contribution in [2.24, 2.45) is 5.73 Å². The SMILES string of the molecule is NC(=O)Nc1cccc(-c2ccc(NCC3(c4ncccc4F)CCC3)nn2)c1. The second kappa shape index (κ2) is 7.83. The molecule has 0 bridgehead atoms. The monoisotopic (exact) mass is 392 g/mol. The molecular weight excluding hydrogens is 371 g/mol. The van der Waals surface area contributed by atoms with E-state index in [9.17, 15) is 9.18 Å². The molecule has 1 saturated carbocycles. The number of anilines is 2. The van der Waals surface area contributed by atoms with Crippen LogP contribution in [0.3, 0.4) is 0 Å². The van der Waals surface area contributed by atoms with Crippen molar-refractivity contribution in [2.75, 3.05) is 17.2 Å². The zero-order valence-corrected chi connectivity index (χ0v) is 15.7. The molecule has 0 spiro atoms. The van der Waals surface area contributed by atoms with Crippen molar-refractivity contribution in [1.82, 2.24) is 15.2 Å². The van der Waals surface area contributed by atoms with E-state index in [0.29, 0.717) is 29.4 Å². The van der Waals surface area contributed by atoms with E-state index in [4.69, 9.17) is 5.73 Å². The smallest absolute Gasteiger partial charge is 0.316 e. The van der Waals surface area contributed by atoms with Gasteiger partial charge in [-0.2, -0.15) is 0 Å². The predicted octanol–water partition coefficient (Wildman–Crippen LogP) is 3.70. The van der Waals surface area contributed by atoms with Crippen molar-refractivity contribution in [1.29, 1.82) is 0 Å². The summed E-state index contributed by atoms with van der Waals surface area (Å²) in [5.74, 6) is 0.350. The van der Waals surface area contributed by atoms with E-state index in [1.165, 1.54) is 6.07 Å². The van der Waals surface area contributed by atoms with Crippen molar-refractivity contribution >= 4 is 17.5 Å². The molecule has 1 aromatic carbocycles. The van der Waals surface area contributed by atoms with Crippen molar-refractivity contribution < 1.29 is 9.18 Å². The molecule has 0 aliphatic heterocycles. The molecule has 1 fully saturated rings. The zero-order valence-electron chi connectivity index (χ0n) is 15.7. The molecule has 4 N–H and O–H groups in total. The third-order valence-corrected chi connectivity index (χ3v) is 5.27. The maximum atomic E-state index is 14.2. The van der Waals surface area contributed by atoms with Gasteiger partial charge in [-0.05, 0) is 49.2 Å². The lowest BCUT2D eigenvalue weighted by atomic mass is 9.66. The summed E-state index contributed by atoms with van der Waals surface area (Å²) in [6, 6.07) is 13.3. The molecule has 29 heavy (non-hydrogen) atoms. The number of pyridine rings is 1. The first kappa shape index (κ1) is 18.8. The number of aromatic nitrogens is 3. The van der Waals surface area contributed by atoms with E-state index in [1.54, 1.807) is 30.5 Å². The highest BCUT2D eigenvalue weighted by atomic mass is 19.1. The largest absolute Gasteiger partial charge is 0.368 e. The van der Waals surface area contributed by atoms with E-state index in [2.05, 4.69) is 25.8 Å². The summed E-state index contributed by atoms with van der Waals surface area (Å²) in [4.78, 5) is 15.3. The number of nitrogens with zero attached hydrogens (tertiary/aromatic N) is 3. The number of carbonyl (C=O) groups is 1. The minimum atomic E-state index is -0.623. The highest BCUT2D eigenvalue weighted by molar-refractivity contribution is 5.88. The standard InChI is InChI=1S/C21H21FN6O/c22-16-6-2-11-24-19(16)21(9-3-10-21)13-25-18-8-7-17(27-28-18)14-4-1-5-15(12-14)26-20(23)29/h1-2,4-8,11-12H,3,9-10,13H2,(H,25,28)(H3,23,26,29). The molecule has 3 aromatic rings.